The monoisotopic (exact) mass is 396 g/mol. The molecule has 0 saturated heterocycles. The van der Waals surface area contributed by atoms with Gasteiger partial charge in [-0.05, 0) is 99.5 Å². The number of hydrogen-bond donors (Lipinski definition) is 1. The Hall–Kier alpha value is -1.09. The molecule has 160 valence electrons. The van der Waals surface area contributed by atoms with Crippen LogP contribution in [0.4, 0.5) is 0 Å². The Balaban J connectivity index is 1.45. The van der Waals surface area contributed by atoms with E-state index in [1.807, 2.05) is 6.20 Å². The highest BCUT2D eigenvalue weighted by Crippen LogP contribution is 2.67. The molecular weight excluding hydrogens is 356 g/mol. The second-order valence-electron chi connectivity index (χ2n) is 11.3. The van der Waals surface area contributed by atoms with Gasteiger partial charge in [-0.15, -0.1) is 0 Å². The van der Waals surface area contributed by atoms with E-state index in [4.69, 9.17) is 0 Å². The van der Waals surface area contributed by atoms with Gasteiger partial charge < -0.3 is 5.11 Å². The molecule has 0 amide bonds. The smallest absolute Gasteiger partial charge is 0.0809 e. The third-order valence-electron chi connectivity index (χ3n) is 10.2. The number of aliphatic hydroxyl groups excluding tert-OH is 1. The van der Waals surface area contributed by atoms with Gasteiger partial charge in [0, 0.05) is 23.2 Å². The van der Waals surface area contributed by atoms with Gasteiger partial charge in [0.2, 0.25) is 0 Å². The molecule has 3 heteroatoms. The van der Waals surface area contributed by atoms with Crippen LogP contribution < -0.4 is 0 Å². The second kappa shape index (κ2) is 6.97. The topological polar surface area (TPSA) is 38.0 Å². The number of aliphatic hydroxyl groups is 1. The van der Waals surface area contributed by atoms with Crippen LogP contribution in [0.15, 0.2) is 11.8 Å². The Labute approximate surface area is 177 Å². The molecule has 5 rings (SSSR count). The largest absolute Gasteiger partial charge is 0.388 e. The SMILES string of the molecule is CCn1ncc(/C=C2/C[C@H]3[C@@H]4CC[C@@H]5CCCC[C@]5(C)[C@H]4CC[C@]3(C)[C@H]2O)c1C. The molecule has 1 aromatic rings. The fourth-order valence-corrected chi connectivity index (χ4v) is 8.42. The highest BCUT2D eigenvalue weighted by molar-refractivity contribution is 5.57. The first kappa shape index (κ1) is 19.8. The minimum absolute atomic E-state index is 0.0690. The Bertz CT molecular complexity index is 810. The van der Waals surface area contributed by atoms with Crippen LogP contribution in [0.1, 0.15) is 89.8 Å². The summed E-state index contributed by atoms with van der Waals surface area (Å²) in [6, 6.07) is 0. The summed E-state index contributed by atoms with van der Waals surface area (Å²) in [6.07, 6.45) is 16.3. The molecule has 0 aliphatic heterocycles. The van der Waals surface area contributed by atoms with Crippen molar-refractivity contribution < 1.29 is 5.11 Å². The van der Waals surface area contributed by atoms with Crippen molar-refractivity contribution in [2.45, 2.75) is 98.1 Å². The molecule has 1 heterocycles. The molecule has 0 aromatic carbocycles. The molecule has 4 fully saturated rings. The van der Waals surface area contributed by atoms with Crippen molar-refractivity contribution in [2.75, 3.05) is 0 Å². The van der Waals surface area contributed by atoms with Crippen LogP contribution in [0.2, 0.25) is 0 Å². The minimum atomic E-state index is -0.283. The zero-order valence-electron chi connectivity index (χ0n) is 19.0. The van der Waals surface area contributed by atoms with Gasteiger partial charge in [0.25, 0.3) is 0 Å². The molecule has 3 nitrogen and oxygen atoms in total. The van der Waals surface area contributed by atoms with Crippen LogP contribution >= 0.6 is 0 Å². The Morgan fingerprint density at radius 2 is 1.93 bits per heavy atom. The maximum atomic E-state index is 11.5. The maximum Gasteiger partial charge on any atom is 0.0809 e. The van der Waals surface area contributed by atoms with E-state index < -0.39 is 0 Å². The number of aryl methyl sites for hydroxylation is 1. The van der Waals surface area contributed by atoms with E-state index in [9.17, 15) is 5.11 Å². The average molecular weight is 397 g/mol. The molecule has 7 atom stereocenters. The molecule has 4 saturated carbocycles. The van der Waals surface area contributed by atoms with E-state index in [1.165, 1.54) is 68.2 Å². The van der Waals surface area contributed by atoms with Gasteiger partial charge in [-0.2, -0.15) is 5.10 Å². The van der Waals surface area contributed by atoms with Gasteiger partial charge in [0.15, 0.2) is 0 Å². The lowest BCUT2D eigenvalue weighted by Crippen LogP contribution is -2.53. The van der Waals surface area contributed by atoms with Crippen LogP contribution in [-0.4, -0.2) is 21.0 Å². The number of fused-ring (bicyclic) bond motifs is 5. The van der Waals surface area contributed by atoms with Crippen LogP contribution in [0.3, 0.4) is 0 Å². The molecule has 0 unspecified atom stereocenters. The molecule has 0 spiro atoms. The molecule has 29 heavy (non-hydrogen) atoms. The summed E-state index contributed by atoms with van der Waals surface area (Å²) in [5, 5.41) is 16.0. The summed E-state index contributed by atoms with van der Waals surface area (Å²) in [5.41, 5.74) is 4.33. The third-order valence-corrected chi connectivity index (χ3v) is 10.2. The van der Waals surface area contributed by atoms with Gasteiger partial charge in [-0.1, -0.05) is 26.7 Å². The van der Waals surface area contributed by atoms with E-state index in [0.29, 0.717) is 11.3 Å². The van der Waals surface area contributed by atoms with E-state index in [1.54, 1.807) is 0 Å². The Morgan fingerprint density at radius 1 is 1.10 bits per heavy atom. The Kier molecular flexibility index (Phi) is 4.77. The molecule has 1 N–H and O–H groups in total. The van der Waals surface area contributed by atoms with E-state index >= 15 is 0 Å². The lowest BCUT2D eigenvalue weighted by atomic mass is 9.45. The first-order chi connectivity index (χ1) is 13.9. The van der Waals surface area contributed by atoms with Crippen molar-refractivity contribution in [1.29, 1.82) is 0 Å². The second-order valence-corrected chi connectivity index (χ2v) is 11.3. The number of rotatable bonds is 2. The van der Waals surface area contributed by atoms with Crippen LogP contribution in [0, 0.1) is 41.4 Å². The first-order valence-electron chi connectivity index (χ1n) is 12.3. The van der Waals surface area contributed by atoms with Crippen molar-refractivity contribution in [1.82, 2.24) is 9.78 Å². The molecule has 0 bridgehead atoms. The predicted molar refractivity (Wildman–Crippen MR) is 118 cm³/mol. The number of nitrogens with zero attached hydrogens (tertiary/aromatic N) is 2. The van der Waals surface area contributed by atoms with Crippen molar-refractivity contribution >= 4 is 6.08 Å². The summed E-state index contributed by atoms with van der Waals surface area (Å²) in [7, 11) is 0. The standard InChI is InChI=1S/C26H40N2O/c1-5-28-17(2)19(16-27-28)14-18-15-23-21-10-9-20-8-6-7-12-25(20,3)22(21)11-13-26(23,4)24(18)29/h14,16,20-24,29H,5-13,15H2,1-4H3/b18-14-/t20-,21+,22-,23-,24-,25-,26-/m0/s1. The average Bonchev–Trinajstić information content (AvgIpc) is 3.19. The van der Waals surface area contributed by atoms with Gasteiger partial charge in [-0.3, -0.25) is 4.68 Å². The Morgan fingerprint density at radius 3 is 2.69 bits per heavy atom. The zero-order chi connectivity index (χ0) is 20.4. The number of hydrogen-bond acceptors (Lipinski definition) is 2. The van der Waals surface area contributed by atoms with Crippen LogP contribution in [-0.2, 0) is 6.54 Å². The lowest BCUT2D eigenvalue weighted by Gasteiger charge is -2.60. The summed E-state index contributed by atoms with van der Waals surface area (Å²) in [4.78, 5) is 0. The predicted octanol–water partition coefficient (Wildman–Crippen LogP) is 6.00. The van der Waals surface area contributed by atoms with Gasteiger partial charge in [0.05, 0.1) is 12.3 Å². The lowest BCUT2D eigenvalue weighted by molar-refractivity contribution is -0.119. The van der Waals surface area contributed by atoms with Crippen molar-refractivity contribution in [3.63, 3.8) is 0 Å². The van der Waals surface area contributed by atoms with E-state index in [0.717, 1.165) is 30.7 Å². The van der Waals surface area contributed by atoms with E-state index in [-0.39, 0.29) is 11.5 Å². The van der Waals surface area contributed by atoms with Gasteiger partial charge in [0.1, 0.15) is 0 Å². The normalized spacial score (nSPS) is 45.7. The minimum Gasteiger partial charge on any atom is -0.388 e. The maximum absolute atomic E-state index is 11.5. The number of aromatic nitrogens is 2. The van der Waals surface area contributed by atoms with Crippen molar-refractivity contribution in [2.24, 2.45) is 34.5 Å². The molecule has 1 aromatic heterocycles. The van der Waals surface area contributed by atoms with Gasteiger partial charge in [-0.25, -0.2) is 0 Å². The third kappa shape index (κ3) is 2.82. The summed E-state index contributed by atoms with van der Waals surface area (Å²) < 4.78 is 2.06. The fraction of sp³-hybridized carbons (Fsp3) is 0.808. The van der Waals surface area contributed by atoms with Crippen molar-refractivity contribution in [3.8, 4) is 0 Å². The summed E-state index contributed by atoms with van der Waals surface area (Å²) >= 11 is 0. The van der Waals surface area contributed by atoms with Crippen molar-refractivity contribution in [3.05, 3.63) is 23.0 Å². The molecular formula is C26H40N2O. The highest BCUT2D eigenvalue weighted by Gasteiger charge is 2.60. The molecule has 4 aliphatic rings. The van der Waals surface area contributed by atoms with E-state index in [2.05, 4.69) is 43.6 Å². The summed E-state index contributed by atoms with van der Waals surface area (Å²) in [6.45, 7) is 10.2. The zero-order valence-corrected chi connectivity index (χ0v) is 19.0. The quantitative estimate of drug-likeness (QED) is 0.666. The van der Waals surface area contributed by atoms with Gasteiger partial charge >= 0.3 is 0 Å². The van der Waals surface area contributed by atoms with Crippen LogP contribution in [0.25, 0.3) is 6.08 Å². The fourth-order valence-electron chi connectivity index (χ4n) is 8.42. The van der Waals surface area contributed by atoms with Crippen LogP contribution in [0.5, 0.6) is 0 Å². The molecule has 4 aliphatic carbocycles. The summed E-state index contributed by atoms with van der Waals surface area (Å²) in [5.74, 6) is 3.32. The first-order valence-corrected chi connectivity index (χ1v) is 12.3. The molecule has 0 radical (unpaired) electrons. The highest BCUT2D eigenvalue weighted by atomic mass is 16.3.